The standard InChI is InChI=1S/C20H24F2N4O3S/c1-13-4-5-14(7-23-13)16-12-30-18(25-16)8-24-20(28)15-3-2-6-26(9-15)19(27)11-29-10-17(21)22/h4-5,7,12,15,17H,2-3,6,8-11H2,1H3,(H,24,28)/t15-/m0/s1. The summed E-state index contributed by atoms with van der Waals surface area (Å²) in [5.74, 6) is -0.849. The molecule has 0 bridgehead atoms. The van der Waals surface area contributed by atoms with Crippen molar-refractivity contribution in [3.05, 3.63) is 34.4 Å². The lowest BCUT2D eigenvalue weighted by Crippen LogP contribution is -2.46. The lowest BCUT2D eigenvalue weighted by molar-refractivity contribution is -0.140. The maximum absolute atomic E-state index is 12.5. The van der Waals surface area contributed by atoms with Crippen molar-refractivity contribution >= 4 is 23.2 Å². The van der Waals surface area contributed by atoms with E-state index >= 15 is 0 Å². The van der Waals surface area contributed by atoms with Crippen molar-refractivity contribution in [1.82, 2.24) is 20.2 Å². The van der Waals surface area contributed by atoms with Gasteiger partial charge in [0.25, 0.3) is 6.43 Å². The van der Waals surface area contributed by atoms with Gasteiger partial charge in [-0.3, -0.25) is 14.6 Å². The molecule has 2 aromatic heterocycles. The predicted octanol–water partition coefficient (Wildman–Crippen LogP) is 2.65. The van der Waals surface area contributed by atoms with Crippen LogP contribution >= 0.6 is 11.3 Å². The van der Waals surface area contributed by atoms with Crippen LogP contribution in [-0.4, -0.2) is 59.4 Å². The van der Waals surface area contributed by atoms with Gasteiger partial charge in [-0.15, -0.1) is 11.3 Å². The van der Waals surface area contributed by atoms with E-state index in [1.54, 1.807) is 6.20 Å². The van der Waals surface area contributed by atoms with E-state index in [2.05, 4.69) is 15.3 Å². The van der Waals surface area contributed by atoms with Crippen molar-refractivity contribution in [3.8, 4) is 11.3 Å². The molecule has 162 valence electrons. The third-order valence-electron chi connectivity index (χ3n) is 4.79. The third-order valence-corrected chi connectivity index (χ3v) is 5.64. The van der Waals surface area contributed by atoms with Gasteiger partial charge in [-0.1, -0.05) is 0 Å². The van der Waals surface area contributed by atoms with E-state index in [9.17, 15) is 18.4 Å². The zero-order valence-electron chi connectivity index (χ0n) is 16.6. The minimum atomic E-state index is -2.61. The lowest BCUT2D eigenvalue weighted by atomic mass is 9.97. The van der Waals surface area contributed by atoms with Crippen LogP contribution in [-0.2, 0) is 20.9 Å². The van der Waals surface area contributed by atoms with Gasteiger partial charge in [0.1, 0.15) is 18.2 Å². The Kier molecular flexibility index (Phi) is 7.81. The number of aryl methyl sites for hydroxylation is 1. The monoisotopic (exact) mass is 438 g/mol. The SMILES string of the molecule is Cc1ccc(-c2csc(CNC(=O)[C@H]3CCCN(C(=O)COCC(F)F)C3)n2)cn1. The smallest absolute Gasteiger partial charge is 0.261 e. The molecule has 0 radical (unpaired) electrons. The molecule has 1 aliphatic rings. The molecule has 1 atom stereocenters. The summed E-state index contributed by atoms with van der Waals surface area (Å²) in [5, 5.41) is 5.59. The van der Waals surface area contributed by atoms with Crippen LogP contribution in [0.4, 0.5) is 8.78 Å². The van der Waals surface area contributed by atoms with Gasteiger partial charge in [-0.05, 0) is 31.9 Å². The number of nitrogens with one attached hydrogen (secondary N) is 1. The van der Waals surface area contributed by atoms with E-state index in [0.29, 0.717) is 25.9 Å². The second-order valence-corrected chi connectivity index (χ2v) is 8.06. The zero-order valence-corrected chi connectivity index (χ0v) is 17.5. The Morgan fingerprint density at radius 2 is 2.23 bits per heavy atom. The maximum Gasteiger partial charge on any atom is 0.261 e. The molecular formula is C20H24F2N4O3S. The van der Waals surface area contributed by atoms with Gasteiger partial charge < -0.3 is 15.0 Å². The number of hydrogen-bond donors (Lipinski definition) is 1. The number of likely N-dealkylation sites (tertiary alicyclic amines) is 1. The molecule has 1 aliphatic heterocycles. The number of amides is 2. The predicted molar refractivity (Wildman–Crippen MR) is 108 cm³/mol. The fourth-order valence-corrected chi connectivity index (χ4v) is 3.94. The summed E-state index contributed by atoms with van der Waals surface area (Å²) >= 11 is 1.46. The van der Waals surface area contributed by atoms with Crippen LogP contribution in [0.1, 0.15) is 23.5 Å². The van der Waals surface area contributed by atoms with Crippen molar-refractivity contribution in [1.29, 1.82) is 0 Å². The quantitative estimate of drug-likeness (QED) is 0.685. The van der Waals surface area contributed by atoms with Gasteiger partial charge in [-0.2, -0.15) is 0 Å². The highest BCUT2D eigenvalue weighted by molar-refractivity contribution is 7.09. The lowest BCUT2D eigenvalue weighted by Gasteiger charge is -2.32. The second-order valence-electron chi connectivity index (χ2n) is 7.12. The van der Waals surface area contributed by atoms with Crippen LogP contribution < -0.4 is 5.32 Å². The van der Waals surface area contributed by atoms with E-state index in [4.69, 9.17) is 4.74 Å². The number of ether oxygens (including phenoxy) is 1. The number of hydrogen-bond acceptors (Lipinski definition) is 6. The first-order valence-corrected chi connectivity index (χ1v) is 10.6. The molecule has 7 nitrogen and oxygen atoms in total. The Labute approximate surface area is 177 Å². The molecule has 1 saturated heterocycles. The zero-order chi connectivity index (χ0) is 21.5. The van der Waals surface area contributed by atoms with Crippen molar-refractivity contribution in [2.45, 2.75) is 32.7 Å². The molecule has 3 heterocycles. The number of alkyl halides is 2. The molecule has 10 heteroatoms. The summed E-state index contributed by atoms with van der Waals surface area (Å²) in [4.78, 5) is 35.0. The number of carbonyl (C=O) groups is 2. The number of nitrogens with zero attached hydrogens (tertiary/aromatic N) is 3. The molecule has 0 aromatic carbocycles. The highest BCUT2D eigenvalue weighted by atomic mass is 32.1. The number of halogens is 2. The molecule has 2 amide bonds. The van der Waals surface area contributed by atoms with Crippen LogP contribution in [0.2, 0.25) is 0 Å². The number of rotatable bonds is 8. The Bertz CT molecular complexity index is 860. The summed E-state index contributed by atoms with van der Waals surface area (Å²) in [6.45, 7) is 1.83. The van der Waals surface area contributed by atoms with E-state index in [1.807, 2.05) is 24.4 Å². The van der Waals surface area contributed by atoms with Gasteiger partial charge in [0, 0.05) is 35.9 Å². The second kappa shape index (κ2) is 10.5. The number of pyridine rings is 1. The first kappa shape index (κ1) is 22.2. The van der Waals surface area contributed by atoms with E-state index in [0.717, 1.165) is 22.0 Å². The van der Waals surface area contributed by atoms with E-state index in [-0.39, 0.29) is 24.3 Å². The molecule has 0 aliphatic carbocycles. The highest BCUT2D eigenvalue weighted by Gasteiger charge is 2.28. The molecule has 0 saturated carbocycles. The first-order chi connectivity index (χ1) is 14.4. The van der Waals surface area contributed by atoms with Crippen molar-refractivity contribution in [2.75, 3.05) is 26.3 Å². The fraction of sp³-hybridized carbons (Fsp3) is 0.500. The van der Waals surface area contributed by atoms with Gasteiger partial charge in [0.2, 0.25) is 11.8 Å². The Morgan fingerprint density at radius 1 is 1.40 bits per heavy atom. The molecule has 30 heavy (non-hydrogen) atoms. The number of aromatic nitrogens is 2. The Balaban J connectivity index is 1.47. The Hall–Kier alpha value is -2.46. The summed E-state index contributed by atoms with van der Waals surface area (Å²) in [6, 6.07) is 3.88. The van der Waals surface area contributed by atoms with Crippen molar-refractivity contribution < 1.29 is 23.1 Å². The van der Waals surface area contributed by atoms with Gasteiger partial charge in [-0.25, -0.2) is 13.8 Å². The number of piperidine rings is 1. The number of thiazole rings is 1. The van der Waals surface area contributed by atoms with Crippen molar-refractivity contribution in [3.63, 3.8) is 0 Å². The Morgan fingerprint density at radius 3 is 2.97 bits per heavy atom. The summed E-state index contributed by atoms with van der Waals surface area (Å²) < 4.78 is 29.0. The third kappa shape index (κ3) is 6.27. The van der Waals surface area contributed by atoms with Gasteiger partial charge in [0.15, 0.2) is 0 Å². The molecule has 1 N–H and O–H groups in total. The summed E-state index contributed by atoms with van der Waals surface area (Å²) in [5.41, 5.74) is 2.67. The summed E-state index contributed by atoms with van der Waals surface area (Å²) in [6.07, 6.45) is 0.517. The average Bonchev–Trinajstić information content (AvgIpc) is 3.21. The number of carbonyl (C=O) groups excluding carboxylic acids is 2. The largest absolute Gasteiger partial charge is 0.366 e. The van der Waals surface area contributed by atoms with Crippen LogP contribution in [0, 0.1) is 12.8 Å². The van der Waals surface area contributed by atoms with Crippen LogP contribution in [0.5, 0.6) is 0 Å². The van der Waals surface area contributed by atoms with Crippen LogP contribution in [0.15, 0.2) is 23.7 Å². The van der Waals surface area contributed by atoms with E-state index in [1.165, 1.54) is 16.2 Å². The van der Waals surface area contributed by atoms with Crippen LogP contribution in [0.25, 0.3) is 11.3 Å². The molecule has 0 spiro atoms. The first-order valence-electron chi connectivity index (χ1n) is 9.71. The fourth-order valence-electron chi connectivity index (χ4n) is 3.20. The minimum absolute atomic E-state index is 0.144. The van der Waals surface area contributed by atoms with Crippen molar-refractivity contribution in [2.24, 2.45) is 5.92 Å². The maximum atomic E-state index is 12.5. The normalized spacial score (nSPS) is 16.7. The molecule has 3 rings (SSSR count). The molecule has 0 unspecified atom stereocenters. The minimum Gasteiger partial charge on any atom is -0.366 e. The molecular weight excluding hydrogens is 414 g/mol. The van der Waals surface area contributed by atoms with E-state index < -0.39 is 19.6 Å². The average molecular weight is 439 g/mol. The topological polar surface area (TPSA) is 84.4 Å². The molecule has 1 fully saturated rings. The van der Waals surface area contributed by atoms with Gasteiger partial charge >= 0.3 is 0 Å². The highest BCUT2D eigenvalue weighted by Crippen LogP contribution is 2.22. The summed E-state index contributed by atoms with van der Waals surface area (Å²) in [7, 11) is 0. The van der Waals surface area contributed by atoms with Crippen LogP contribution in [0.3, 0.4) is 0 Å². The molecule has 2 aromatic rings. The van der Waals surface area contributed by atoms with Gasteiger partial charge in [0.05, 0.1) is 18.2 Å².